The maximum Gasteiger partial charge on any atom is 0.354 e. The Morgan fingerprint density at radius 3 is 2.74 bits per heavy atom. The summed E-state index contributed by atoms with van der Waals surface area (Å²) in [5.41, 5.74) is 0.894. The summed E-state index contributed by atoms with van der Waals surface area (Å²) in [6.07, 6.45) is 0. The molecule has 0 saturated heterocycles. The molecule has 1 aromatic heterocycles. The number of aromatic amines is 1. The van der Waals surface area contributed by atoms with Gasteiger partial charge >= 0.3 is 12.0 Å². The summed E-state index contributed by atoms with van der Waals surface area (Å²) >= 11 is 0. The number of carbonyl (C=O) groups excluding carboxylic acids is 1. The Hall–Kier alpha value is -2.02. The lowest BCUT2D eigenvalue weighted by atomic mass is 10.3. The number of methoxy groups -OCH3 is 1. The van der Waals surface area contributed by atoms with Gasteiger partial charge in [0, 0.05) is 19.9 Å². The first-order chi connectivity index (χ1) is 8.86. The van der Waals surface area contributed by atoms with Crippen LogP contribution in [0.2, 0.25) is 0 Å². The number of nitrogens with zero attached hydrogens (tertiary/aromatic N) is 1. The van der Waals surface area contributed by atoms with Gasteiger partial charge in [-0.15, -0.1) is 0 Å². The van der Waals surface area contributed by atoms with Crippen molar-refractivity contribution in [2.75, 3.05) is 26.1 Å². The number of nitrogens with one attached hydrogen (secondary N) is 2. The van der Waals surface area contributed by atoms with Crippen molar-refractivity contribution in [1.82, 2.24) is 9.88 Å². The fourth-order valence-corrected chi connectivity index (χ4v) is 1.61. The van der Waals surface area contributed by atoms with Crippen LogP contribution in [0.3, 0.4) is 0 Å². The average Bonchev–Trinajstić information content (AvgIpc) is 2.69. The van der Waals surface area contributed by atoms with Gasteiger partial charge in [-0.05, 0) is 19.9 Å². The van der Waals surface area contributed by atoms with E-state index in [4.69, 9.17) is 9.84 Å². The quantitative estimate of drug-likeness (QED) is 0.755. The Morgan fingerprint density at radius 2 is 2.21 bits per heavy atom. The van der Waals surface area contributed by atoms with Crippen LogP contribution in [0.4, 0.5) is 10.5 Å². The molecule has 3 N–H and O–H groups in total. The van der Waals surface area contributed by atoms with Gasteiger partial charge < -0.3 is 25.0 Å². The molecule has 1 rings (SSSR count). The molecule has 1 unspecified atom stereocenters. The zero-order valence-corrected chi connectivity index (χ0v) is 11.5. The van der Waals surface area contributed by atoms with E-state index in [-0.39, 0.29) is 23.5 Å². The van der Waals surface area contributed by atoms with E-state index in [1.54, 1.807) is 27.1 Å². The van der Waals surface area contributed by atoms with E-state index < -0.39 is 5.97 Å². The number of likely N-dealkylation sites (N-methyl/N-ethyl adjacent to an activating group) is 1. The van der Waals surface area contributed by atoms with E-state index in [0.29, 0.717) is 12.3 Å². The molecule has 0 fully saturated rings. The topological polar surface area (TPSA) is 94.7 Å². The third-order valence-electron chi connectivity index (χ3n) is 2.80. The number of urea groups is 1. The molecule has 1 aromatic rings. The van der Waals surface area contributed by atoms with Gasteiger partial charge in [0.15, 0.2) is 0 Å². The fourth-order valence-electron chi connectivity index (χ4n) is 1.61. The third-order valence-corrected chi connectivity index (χ3v) is 2.80. The summed E-state index contributed by atoms with van der Waals surface area (Å²) in [7, 11) is 3.18. The first kappa shape index (κ1) is 15.0. The number of amides is 2. The van der Waals surface area contributed by atoms with Gasteiger partial charge in [-0.2, -0.15) is 0 Å². The smallest absolute Gasteiger partial charge is 0.354 e. The molecule has 1 heterocycles. The van der Waals surface area contributed by atoms with Crippen LogP contribution in [-0.4, -0.2) is 53.8 Å². The largest absolute Gasteiger partial charge is 0.477 e. The molecule has 0 aliphatic carbocycles. The van der Waals surface area contributed by atoms with Crippen molar-refractivity contribution in [2.45, 2.75) is 19.9 Å². The summed E-state index contributed by atoms with van der Waals surface area (Å²) in [6.45, 7) is 3.96. The highest BCUT2D eigenvalue weighted by Gasteiger charge is 2.19. The Bertz CT molecular complexity index is 470. The maximum atomic E-state index is 12.0. The van der Waals surface area contributed by atoms with Gasteiger partial charge in [0.2, 0.25) is 0 Å². The Kier molecular flexibility index (Phi) is 4.94. The molecule has 0 spiro atoms. The van der Waals surface area contributed by atoms with Crippen molar-refractivity contribution in [3.05, 3.63) is 17.5 Å². The fraction of sp³-hybridized carbons (Fsp3) is 0.500. The van der Waals surface area contributed by atoms with Crippen LogP contribution in [0, 0.1) is 6.92 Å². The van der Waals surface area contributed by atoms with Gasteiger partial charge in [-0.3, -0.25) is 0 Å². The zero-order chi connectivity index (χ0) is 14.6. The predicted octanol–water partition coefficient (Wildman–Crippen LogP) is 1.52. The number of anilines is 1. The second-order valence-corrected chi connectivity index (χ2v) is 4.39. The lowest BCUT2D eigenvalue weighted by molar-refractivity contribution is 0.0692. The van der Waals surface area contributed by atoms with Crippen LogP contribution in [0.15, 0.2) is 6.07 Å². The average molecular weight is 269 g/mol. The monoisotopic (exact) mass is 269 g/mol. The number of hydrogen-bond acceptors (Lipinski definition) is 3. The highest BCUT2D eigenvalue weighted by molar-refractivity contribution is 5.99. The van der Waals surface area contributed by atoms with Crippen molar-refractivity contribution in [3.8, 4) is 0 Å². The van der Waals surface area contributed by atoms with E-state index in [2.05, 4.69) is 10.3 Å². The maximum absolute atomic E-state index is 12.0. The zero-order valence-electron chi connectivity index (χ0n) is 11.5. The number of hydrogen-bond donors (Lipinski definition) is 3. The second-order valence-electron chi connectivity index (χ2n) is 4.39. The van der Waals surface area contributed by atoms with E-state index >= 15 is 0 Å². The Labute approximate surface area is 111 Å². The van der Waals surface area contributed by atoms with Crippen LogP contribution in [0.1, 0.15) is 23.1 Å². The first-order valence-electron chi connectivity index (χ1n) is 5.82. The molecule has 7 nitrogen and oxygen atoms in total. The minimum Gasteiger partial charge on any atom is -0.477 e. The molecule has 1 atom stereocenters. The van der Waals surface area contributed by atoms with Crippen LogP contribution >= 0.6 is 0 Å². The van der Waals surface area contributed by atoms with Gasteiger partial charge in [0.1, 0.15) is 5.69 Å². The van der Waals surface area contributed by atoms with Crippen LogP contribution in [-0.2, 0) is 4.74 Å². The lowest BCUT2D eigenvalue weighted by Gasteiger charge is -2.24. The van der Waals surface area contributed by atoms with E-state index in [1.807, 2.05) is 6.92 Å². The second kappa shape index (κ2) is 6.24. The number of rotatable bonds is 5. The minimum absolute atomic E-state index is 0.0290. The SMILES string of the molecule is COCC(C)N(C)C(=O)Nc1cc(C)[nH]c1C(=O)O. The molecular formula is C12H19N3O4. The number of aromatic nitrogens is 1. The highest BCUT2D eigenvalue weighted by Crippen LogP contribution is 2.17. The van der Waals surface area contributed by atoms with E-state index in [1.165, 1.54) is 4.90 Å². The number of ether oxygens (including phenoxy) is 1. The third kappa shape index (κ3) is 3.72. The van der Waals surface area contributed by atoms with Crippen molar-refractivity contribution in [3.63, 3.8) is 0 Å². The normalized spacial score (nSPS) is 12.0. The van der Waals surface area contributed by atoms with Crippen LogP contribution in [0.25, 0.3) is 0 Å². The van der Waals surface area contributed by atoms with Gasteiger partial charge in [0.05, 0.1) is 18.3 Å². The van der Waals surface area contributed by atoms with E-state index in [0.717, 1.165) is 0 Å². The predicted molar refractivity (Wildman–Crippen MR) is 70.6 cm³/mol. The van der Waals surface area contributed by atoms with Gasteiger partial charge in [-0.1, -0.05) is 0 Å². The molecule has 7 heteroatoms. The van der Waals surface area contributed by atoms with E-state index in [9.17, 15) is 9.59 Å². The molecule has 0 aliphatic heterocycles. The highest BCUT2D eigenvalue weighted by atomic mass is 16.5. The Balaban J connectivity index is 2.79. The molecule has 0 radical (unpaired) electrons. The van der Waals surface area contributed by atoms with Crippen LogP contribution < -0.4 is 5.32 Å². The van der Waals surface area contributed by atoms with Gasteiger partial charge in [-0.25, -0.2) is 9.59 Å². The van der Waals surface area contributed by atoms with Crippen molar-refractivity contribution in [1.29, 1.82) is 0 Å². The first-order valence-corrected chi connectivity index (χ1v) is 5.82. The molecule has 2 amide bonds. The molecule has 19 heavy (non-hydrogen) atoms. The number of aryl methyl sites for hydroxylation is 1. The minimum atomic E-state index is -1.11. The molecule has 0 aliphatic rings. The summed E-state index contributed by atoms with van der Waals surface area (Å²) < 4.78 is 4.97. The van der Waals surface area contributed by atoms with Crippen molar-refractivity contribution < 1.29 is 19.4 Å². The number of carbonyl (C=O) groups is 2. The van der Waals surface area contributed by atoms with Crippen LogP contribution in [0.5, 0.6) is 0 Å². The molecular weight excluding hydrogens is 250 g/mol. The molecule has 0 aromatic carbocycles. The standard InChI is InChI=1S/C12H19N3O4/c1-7-5-9(10(13-7)11(16)17)14-12(18)15(3)8(2)6-19-4/h5,8,13H,6H2,1-4H3,(H,14,18)(H,16,17). The number of carboxylic acid groups (broad SMARTS) is 1. The summed E-state index contributed by atoms with van der Waals surface area (Å²) in [5, 5.41) is 11.6. The summed E-state index contributed by atoms with van der Waals surface area (Å²) in [4.78, 5) is 27.1. The van der Waals surface area contributed by atoms with Gasteiger partial charge in [0.25, 0.3) is 0 Å². The molecule has 0 saturated carbocycles. The lowest BCUT2D eigenvalue weighted by Crippen LogP contribution is -2.40. The summed E-state index contributed by atoms with van der Waals surface area (Å²) in [6, 6.07) is 1.08. The number of carboxylic acids is 1. The number of aromatic carboxylic acids is 1. The Morgan fingerprint density at radius 1 is 1.58 bits per heavy atom. The van der Waals surface area contributed by atoms with Crippen molar-refractivity contribution >= 4 is 17.7 Å². The van der Waals surface area contributed by atoms with Crippen molar-refractivity contribution in [2.24, 2.45) is 0 Å². The molecule has 0 bridgehead atoms. The summed E-state index contributed by atoms with van der Waals surface area (Å²) in [5.74, 6) is -1.11. The number of H-pyrrole nitrogens is 1. The molecule has 106 valence electrons.